The molecule has 0 N–H and O–H groups in total. The number of fused-ring (bicyclic) bond motifs is 2. The number of nitrogens with zero attached hydrogens (tertiary/aromatic N) is 3. The van der Waals surface area contributed by atoms with Crippen LogP contribution in [0.1, 0.15) is 40.6 Å². The number of aromatic nitrogens is 2. The van der Waals surface area contributed by atoms with Gasteiger partial charge in [-0.15, -0.1) is 0 Å². The van der Waals surface area contributed by atoms with Crippen molar-refractivity contribution >= 4 is 46.1 Å². The SMILES string of the molecule is CC(C)n1c(SCCN2C(=O)c3ccccc3C2=O)nc2cc(Cl)ccc2c1=O. The van der Waals surface area contributed by atoms with Crippen molar-refractivity contribution in [3.05, 3.63) is 69.0 Å². The standard InChI is InChI=1S/C21H18ClN3O3S/c1-12(2)25-20(28)16-8-7-13(22)11-17(16)23-21(25)29-10-9-24-18(26)14-5-3-4-6-15(14)19(24)27/h3-8,11-12H,9-10H2,1-2H3. The zero-order chi connectivity index (χ0) is 20.7. The maximum Gasteiger partial charge on any atom is 0.262 e. The second-order valence-corrected chi connectivity index (χ2v) is 8.48. The van der Waals surface area contributed by atoms with Crippen LogP contribution < -0.4 is 5.56 Å². The molecule has 3 aromatic rings. The van der Waals surface area contributed by atoms with Crippen LogP contribution >= 0.6 is 23.4 Å². The van der Waals surface area contributed by atoms with Gasteiger partial charge < -0.3 is 0 Å². The molecule has 0 saturated carbocycles. The van der Waals surface area contributed by atoms with E-state index in [1.807, 2.05) is 13.8 Å². The number of carbonyl (C=O) groups excluding carboxylic acids is 2. The summed E-state index contributed by atoms with van der Waals surface area (Å²) in [5.41, 5.74) is 1.26. The van der Waals surface area contributed by atoms with Crippen LogP contribution in [0.5, 0.6) is 0 Å². The first-order valence-electron chi connectivity index (χ1n) is 9.18. The Morgan fingerprint density at radius 3 is 2.31 bits per heavy atom. The molecule has 4 rings (SSSR count). The van der Waals surface area contributed by atoms with Crippen LogP contribution in [0.25, 0.3) is 10.9 Å². The maximum atomic E-state index is 12.9. The summed E-state index contributed by atoms with van der Waals surface area (Å²) >= 11 is 7.40. The van der Waals surface area contributed by atoms with Gasteiger partial charge in [0.25, 0.3) is 17.4 Å². The van der Waals surface area contributed by atoms with Gasteiger partial charge in [-0.2, -0.15) is 0 Å². The molecule has 2 amide bonds. The molecule has 148 valence electrons. The summed E-state index contributed by atoms with van der Waals surface area (Å²) in [6.45, 7) is 4.07. The molecule has 0 fully saturated rings. The summed E-state index contributed by atoms with van der Waals surface area (Å²) in [5, 5.41) is 1.55. The lowest BCUT2D eigenvalue weighted by Crippen LogP contribution is -2.32. The zero-order valence-corrected chi connectivity index (χ0v) is 17.5. The molecule has 0 saturated heterocycles. The van der Waals surface area contributed by atoms with E-state index in [1.54, 1.807) is 47.0 Å². The summed E-state index contributed by atoms with van der Waals surface area (Å²) < 4.78 is 1.63. The molecule has 2 aromatic carbocycles. The van der Waals surface area contributed by atoms with Gasteiger partial charge in [0.15, 0.2) is 5.16 Å². The van der Waals surface area contributed by atoms with E-state index in [2.05, 4.69) is 4.98 Å². The second-order valence-electron chi connectivity index (χ2n) is 6.98. The van der Waals surface area contributed by atoms with Crippen molar-refractivity contribution in [1.82, 2.24) is 14.5 Å². The molecule has 8 heteroatoms. The highest BCUT2D eigenvalue weighted by atomic mass is 35.5. The summed E-state index contributed by atoms with van der Waals surface area (Å²) in [6, 6.07) is 11.7. The first kappa shape index (κ1) is 19.7. The average molecular weight is 428 g/mol. The van der Waals surface area contributed by atoms with Crippen molar-refractivity contribution in [2.24, 2.45) is 0 Å². The van der Waals surface area contributed by atoms with Crippen molar-refractivity contribution in [2.45, 2.75) is 25.0 Å². The first-order valence-corrected chi connectivity index (χ1v) is 10.5. The molecule has 1 aliphatic heterocycles. The Morgan fingerprint density at radius 2 is 1.69 bits per heavy atom. The Bertz CT molecular complexity index is 1170. The van der Waals surface area contributed by atoms with Gasteiger partial charge in [0, 0.05) is 23.4 Å². The number of halogens is 1. The van der Waals surface area contributed by atoms with Gasteiger partial charge in [-0.1, -0.05) is 35.5 Å². The molecule has 0 bridgehead atoms. The van der Waals surface area contributed by atoms with E-state index in [1.165, 1.54) is 16.7 Å². The topological polar surface area (TPSA) is 72.3 Å². The minimum Gasteiger partial charge on any atom is -0.285 e. The number of carbonyl (C=O) groups is 2. The normalized spacial score (nSPS) is 13.6. The third-order valence-electron chi connectivity index (χ3n) is 4.77. The molecule has 1 aliphatic rings. The van der Waals surface area contributed by atoms with Gasteiger partial charge in [0.1, 0.15) is 0 Å². The van der Waals surface area contributed by atoms with Gasteiger partial charge >= 0.3 is 0 Å². The van der Waals surface area contributed by atoms with Crippen molar-refractivity contribution in [3.63, 3.8) is 0 Å². The molecular weight excluding hydrogens is 410 g/mol. The summed E-state index contributed by atoms with van der Waals surface area (Å²) in [4.78, 5) is 43.8. The summed E-state index contributed by atoms with van der Waals surface area (Å²) in [5.74, 6) is -0.145. The lowest BCUT2D eigenvalue weighted by Gasteiger charge is -2.17. The minimum absolute atomic E-state index is 0.0862. The van der Waals surface area contributed by atoms with Crippen LogP contribution in [-0.4, -0.2) is 38.6 Å². The van der Waals surface area contributed by atoms with Gasteiger partial charge in [0.2, 0.25) is 0 Å². The molecule has 2 heterocycles. The molecular formula is C21H18ClN3O3S. The lowest BCUT2D eigenvalue weighted by atomic mass is 10.1. The van der Waals surface area contributed by atoms with Crippen LogP contribution in [0, 0.1) is 0 Å². The van der Waals surface area contributed by atoms with E-state index in [0.717, 1.165) is 0 Å². The van der Waals surface area contributed by atoms with Crippen LogP contribution in [0.3, 0.4) is 0 Å². The van der Waals surface area contributed by atoms with Crippen LogP contribution in [-0.2, 0) is 0 Å². The Hall–Kier alpha value is -2.64. The highest BCUT2D eigenvalue weighted by Crippen LogP contribution is 2.25. The summed E-state index contributed by atoms with van der Waals surface area (Å²) in [6.07, 6.45) is 0. The molecule has 29 heavy (non-hydrogen) atoms. The van der Waals surface area contributed by atoms with Crippen LogP contribution in [0.15, 0.2) is 52.4 Å². The van der Waals surface area contributed by atoms with Gasteiger partial charge in [0.05, 0.1) is 22.0 Å². The number of amides is 2. The molecule has 0 radical (unpaired) electrons. The quantitative estimate of drug-likeness (QED) is 0.349. The van der Waals surface area contributed by atoms with Crippen molar-refractivity contribution in [1.29, 1.82) is 0 Å². The summed E-state index contributed by atoms with van der Waals surface area (Å²) in [7, 11) is 0. The van der Waals surface area contributed by atoms with E-state index in [9.17, 15) is 14.4 Å². The van der Waals surface area contributed by atoms with Gasteiger partial charge in [-0.25, -0.2) is 4.98 Å². The highest BCUT2D eigenvalue weighted by Gasteiger charge is 2.34. The Labute approximate surface area is 176 Å². The number of hydrogen-bond donors (Lipinski definition) is 0. The van der Waals surface area contributed by atoms with Gasteiger partial charge in [-0.3, -0.25) is 23.9 Å². The third-order valence-corrected chi connectivity index (χ3v) is 5.94. The maximum absolute atomic E-state index is 12.9. The van der Waals surface area contributed by atoms with E-state index < -0.39 is 0 Å². The molecule has 0 spiro atoms. The highest BCUT2D eigenvalue weighted by molar-refractivity contribution is 7.99. The predicted octanol–water partition coefficient (Wildman–Crippen LogP) is 4.02. The smallest absolute Gasteiger partial charge is 0.262 e. The van der Waals surface area contributed by atoms with E-state index >= 15 is 0 Å². The fraction of sp³-hybridized carbons (Fsp3) is 0.238. The van der Waals surface area contributed by atoms with E-state index in [0.29, 0.717) is 38.0 Å². The zero-order valence-electron chi connectivity index (χ0n) is 15.9. The number of hydrogen-bond acceptors (Lipinski definition) is 5. The number of benzene rings is 2. The van der Waals surface area contributed by atoms with Crippen molar-refractivity contribution in [3.8, 4) is 0 Å². The number of rotatable bonds is 5. The Balaban J connectivity index is 1.59. The molecule has 0 atom stereocenters. The largest absolute Gasteiger partial charge is 0.285 e. The van der Waals surface area contributed by atoms with Crippen LogP contribution in [0.2, 0.25) is 5.02 Å². The minimum atomic E-state index is -0.286. The van der Waals surface area contributed by atoms with E-state index in [4.69, 9.17) is 11.6 Å². The average Bonchev–Trinajstić information content (AvgIpc) is 2.92. The van der Waals surface area contributed by atoms with Crippen molar-refractivity contribution in [2.75, 3.05) is 12.3 Å². The second kappa shape index (κ2) is 7.65. The fourth-order valence-corrected chi connectivity index (χ4v) is 4.60. The molecule has 0 unspecified atom stereocenters. The van der Waals surface area contributed by atoms with Crippen LogP contribution in [0.4, 0.5) is 0 Å². The molecule has 6 nitrogen and oxygen atoms in total. The molecule has 1 aromatic heterocycles. The van der Waals surface area contributed by atoms with Gasteiger partial charge in [-0.05, 0) is 44.2 Å². The van der Waals surface area contributed by atoms with E-state index in [-0.39, 0.29) is 30.0 Å². The molecule has 0 aliphatic carbocycles. The third kappa shape index (κ3) is 3.45. The monoisotopic (exact) mass is 427 g/mol. The Morgan fingerprint density at radius 1 is 1.03 bits per heavy atom. The Kier molecular flexibility index (Phi) is 5.19. The number of thioether (sulfide) groups is 1. The number of imide groups is 1. The lowest BCUT2D eigenvalue weighted by molar-refractivity contribution is 0.0664. The first-order chi connectivity index (χ1) is 13.9. The predicted molar refractivity (Wildman–Crippen MR) is 114 cm³/mol. The fourth-order valence-electron chi connectivity index (χ4n) is 3.38. The van der Waals surface area contributed by atoms with Crippen molar-refractivity contribution < 1.29 is 9.59 Å².